The van der Waals surface area contributed by atoms with Crippen molar-refractivity contribution < 1.29 is 0 Å². The van der Waals surface area contributed by atoms with E-state index in [0.717, 1.165) is 23.8 Å². The predicted molar refractivity (Wildman–Crippen MR) is 48.0 cm³/mol. The summed E-state index contributed by atoms with van der Waals surface area (Å²) in [4.78, 5) is 8.60. The number of rotatable bonds is 0. The number of anilines is 1. The van der Waals surface area contributed by atoms with E-state index in [1.54, 1.807) is 0 Å². The summed E-state index contributed by atoms with van der Waals surface area (Å²) in [6.45, 7) is 3.93. The Labute approximate surface area is 71.5 Å². The molecule has 0 amide bonds. The van der Waals surface area contributed by atoms with Crippen LogP contribution < -0.4 is 5.32 Å². The minimum absolute atomic E-state index is 0.828. The van der Waals surface area contributed by atoms with Gasteiger partial charge >= 0.3 is 0 Å². The zero-order valence-corrected chi connectivity index (χ0v) is 7.26. The van der Waals surface area contributed by atoms with Gasteiger partial charge in [-0.05, 0) is 26.5 Å². The molecule has 62 valence electrons. The van der Waals surface area contributed by atoms with Crippen molar-refractivity contribution in [3.8, 4) is 0 Å². The normalized spacial score (nSPS) is 13.8. The third kappa shape index (κ3) is 1.07. The number of aromatic nitrogens is 2. The molecule has 0 aromatic carbocycles. The highest BCUT2D eigenvalue weighted by Gasteiger charge is 2.09. The summed E-state index contributed by atoms with van der Waals surface area (Å²) in [6, 6.07) is 0. The van der Waals surface area contributed by atoms with Gasteiger partial charge in [-0.3, -0.25) is 0 Å². The van der Waals surface area contributed by atoms with Crippen molar-refractivity contribution in [1.29, 1.82) is 0 Å². The highest BCUT2D eigenvalue weighted by Crippen LogP contribution is 2.19. The van der Waals surface area contributed by atoms with Crippen LogP contribution in [0.4, 0.5) is 5.82 Å². The fourth-order valence-electron chi connectivity index (χ4n) is 1.41. The molecule has 3 nitrogen and oxygen atoms in total. The van der Waals surface area contributed by atoms with Crippen molar-refractivity contribution in [2.45, 2.75) is 20.3 Å². The lowest BCUT2D eigenvalue weighted by atomic mass is 10.1. The summed E-state index contributed by atoms with van der Waals surface area (Å²) in [5, 5.41) is 3.11. The highest BCUT2D eigenvalue weighted by molar-refractivity contribution is 5.51. The Morgan fingerprint density at radius 2 is 2.17 bits per heavy atom. The molecule has 12 heavy (non-hydrogen) atoms. The molecular weight excluding hydrogens is 150 g/mol. The van der Waals surface area contributed by atoms with Crippen molar-refractivity contribution in [1.82, 2.24) is 9.97 Å². The second-order valence-corrected chi connectivity index (χ2v) is 2.93. The summed E-state index contributed by atoms with van der Waals surface area (Å²) in [5.74, 6) is 1.79. The van der Waals surface area contributed by atoms with Gasteiger partial charge in [-0.15, -0.1) is 0 Å². The van der Waals surface area contributed by atoms with Crippen LogP contribution in [-0.4, -0.2) is 9.97 Å². The van der Waals surface area contributed by atoms with Crippen LogP contribution >= 0.6 is 0 Å². The third-order valence-corrected chi connectivity index (χ3v) is 1.99. The lowest BCUT2D eigenvalue weighted by Crippen LogP contribution is -2.07. The van der Waals surface area contributed by atoms with Gasteiger partial charge in [0.1, 0.15) is 11.6 Å². The molecule has 0 saturated carbocycles. The molecule has 1 N–H and O–H groups in total. The molecule has 1 aliphatic heterocycles. The monoisotopic (exact) mass is 161 g/mol. The van der Waals surface area contributed by atoms with Crippen LogP contribution in [0.2, 0.25) is 0 Å². The molecule has 1 aromatic heterocycles. The zero-order chi connectivity index (χ0) is 8.55. The summed E-state index contributed by atoms with van der Waals surface area (Å²) in [7, 11) is 0. The molecular formula is C9H11N3. The Balaban J connectivity index is 2.57. The number of hydrogen-bond acceptors (Lipinski definition) is 3. The van der Waals surface area contributed by atoms with Crippen LogP contribution in [-0.2, 0) is 6.42 Å². The van der Waals surface area contributed by atoms with E-state index in [1.807, 2.05) is 20.0 Å². The molecule has 0 atom stereocenters. The Kier molecular flexibility index (Phi) is 1.57. The topological polar surface area (TPSA) is 37.8 Å². The molecule has 0 fully saturated rings. The smallest absolute Gasteiger partial charge is 0.137 e. The average molecular weight is 161 g/mol. The second-order valence-electron chi connectivity index (χ2n) is 2.93. The van der Waals surface area contributed by atoms with Crippen molar-refractivity contribution in [3.63, 3.8) is 0 Å². The first-order valence-corrected chi connectivity index (χ1v) is 4.03. The van der Waals surface area contributed by atoms with Crippen LogP contribution in [0.15, 0.2) is 12.3 Å². The number of nitrogens with one attached hydrogen (secondary N) is 1. The SMILES string of the molecule is Cc1nc(C)c2c(n1)NC=CC2. The van der Waals surface area contributed by atoms with Gasteiger partial charge in [0.05, 0.1) is 0 Å². The maximum Gasteiger partial charge on any atom is 0.137 e. The maximum atomic E-state index is 4.30. The van der Waals surface area contributed by atoms with Crippen LogP contribution in [0.25, 0.3) is 0 Å². The molecule has 0 aliphatic carbocycles. The summed E-state index contributed by atoms with van der Waals surface area (Å²) < 4.78 is 0. The number of fused-ring (bicyclic) bond motifs is 1. The molecule has 0 saturated heterocycles. The average Bonchev–Trinajstić information content (AvgIpc) is 2.04. The first kappa shape index (κ1) is 7.28. The molecule has 1 aromatic rings. The van der Waals surface area contributed by atoms with Crippen LogP contribution in [0, 0.1) is 13.8 Å². The van der Waals surface area contributed by atoms with E-state index in [2.05, 4.69) is 21.4 Å². The Morgan fingerprint density at radius 3 is 3.00 bits per heavy atom. The van der Waals surface area contributed by atoms with Gasteiger partial charge in [0.25, 0.3) is 0 Å². The largest absolute Gasteiger partial charge is 0.347 e. The van der Waals surface area contributed by atoms with Gasteiger partial charge in [-0.1, -0.05) is 6.08 Å². The molecule has 2 heterocycles. The van der Waals surface area contributed by atoms with Crippen molar-refractivity contribution in [3.05, 3.63) is 29.4 Å². The highest BCUT2D eigenvalue weighted by atomic mass is 15.0. The number of nitrogens with zero attached hydrogens (tertiary/aromatic N) is 2. The van der Waals surface area contributed by atoms with Gasteiger partial charge in [0.15, 0.2) is 0 Å². The number of hydrogen-bond donors (Lipinski definition) is 1. The Bertz CT molecular complexity index is 342. The molecule has 0 spiro atoms. The Hall–Kier alpha value is -1.38. The van der Waals surface area contributed by atoms with Crippen molar-refractivity contribution in [2.24, 2.45) is 0 Å². The summed E-state index contributed by atoms with van der Waals surface area (Å²) >= 11 is 0. The molecule has 1 aliphatic rings. The quantitative estimate of drug-likeness (QED) is 0.627. The van der Waals surface area contributed by atoms with E-state index in [9.17, 15) is 0 Å². The standard InChI is InChI=1S/C9H11N3/c1-6-8-4-3-5-10-9(8)12-7(2)11-6/h3,5H,4H2,1-2H3,(H,10,11,12). The molecule has 2 rings (SSSR count). The fourth-order valence-corrected chi connectivity index (χ4v) is 1.41. The van der Waals surface area contributed by atoms with Crippen LogP contribution in [0.5, 0.6) is 0 Å². The van der Waals surface area contributed by atoms with Gasteiger partial charge < -0.3 is 5.32 Å². The van der Waals surface area contributed by atoms with E-state index in [0.29, 0.717) is 0 Å². The zero-order valence-electron chi connectivity index (χ0n) is 7.26. The summed E-state index contributed by atoms with van der Waals surface area (Å²) in [5.41, 5.74) is 2.29. The third-order valence-electron chi connectivity index (χ3n) is 1.99. The van der Waals surface area contributed by atoms with Crippen LogP contribution in [0.3, 0.4) is 0 Å². The minimum atomic E-state index is 0.828. The van der Waals surface area contributed by atoms with E-state index in [4.69, 9.17) is 0 Å². The van der Waals surface area contributed by atoms with E-state index < -0.39 is 0 Å². The lowest BCUT2D eigenvalue weighted by molar-refractivity contribution is 0.963. The maximum absolute atomic E-state index is 4.30. The fraction of sp³-hybridized carbons (Fsp3) is 0.333. The minimum Gasteiger partial charge on any atom is -0.347 e. The van der Waals surface area contributed by atoms with Gasteiger partial charge in [-0.2, -0.15) is 0 Å². The lowest BCUT2D eigenvalue weighted by Gasteiger charge is -2.13. The van der Waals surface area contributed by atoms with E-state index in [1.165, 1.54) is 5.56 Å². The molecule has 3 heteroatoms. The first-order chi connectivity index (χ1) is 5.77. The second kappa shape index (κ2) is 2.59. The van der Waals surface area contributed by atoms with Crippen LogP contribution in [0.1, 0.15) is 17.1 Å². The van der Waals surface area contributed by atoms with E-state index >= 15 is 0 Å². The summed E-state index contributed by atoms with van der Waals surface area (Å²) in [6.07, 6.45) is 4.94. The van der Waals surface area contributed by atoms with Gasteiger partial charge in [0, 0.05) is 11.3 Å². The van der Waals surface area contributed by atoms with Crippen molar-refractivity contribution >= 4 is 5.82 Å². The van der Waals surface area contributed by atoms with Gasteiger partial charge in [-0.25, -0.2) is 9.97 Å². The van der Waals surface area contributed by atoms with Crippen molar-refractivity contribution in [2.75, 3.05) is 5.32 Å². The molecule has 0 radical (unpaired) electrons. The Morgan fingerprint density at radius 1 is 1.33 bits per heavy atom. The first-order valence-electron chi connectivity index (χ1n) is 4.03. The van der Waals surface area contributed by atoms with E-state index in [-0.39, 0.29) is 0 Å². The van der Waals surface area contributed by atoms with Gasteiger partial charge in [0.2, 0.25) is 0 Å². The number of allylic oxidation sites excluding steroid dienone is 1. The predicted octanol–water partition coefficient (Wildman–Crippen LogP) is 1.58. The molecule has 0 unspecified atom stereocenters. The number of aryl methyl sites for hydroxylation is 2. The molecule has 0 bridgehead atoms.